The topological polar surface area (TPSA) is 84.9 Å². The number of hydrogen-bond donors (Lipinski definition) is 1. The monoisotopic (exact) mass is 422 g/mol. The van der Waals surface area contributed by atoms with Crippen molar-refractivity contribution in [2.45, 2.75) is 17.7 Å². The van der Waals surface area contributed by atoms with Gasteiger partial charge in [-0.25, -0.2) is 12.8 Å². The number of nitrogens with one attached hydrogen (secondary N) is 1. The molecule has 0 unspecified atom stereocenters. The molecular formula is C20H23FN2O5S. The number of carbonyl (C=O) groups is 1. The summed E-state index contributed by atoms with van der Waals surface area (Å²) >= 11 is 0. The van der Waals surface area contributed by atoms with Gasteiger partial charge in [0.05, 0.1) is 14.2 Å². The number of amides is 1. The van der Waals surface area contributed by atoms with E-state index in [1.54, 1.807) is 12.1 Å². The third kappa shape index (κ3) is 4.68. The van der Waals surface area contributed by atoms with Gasteiger partial charge in [0.2, 0.25) is 15.9 Å². The SMILES string of the molecule is COc1ccc(OC)c(S(=O)(=O)N2CCC(C(=O)Nc3ccc(F)cc3)CC2)c1. The van der Waals surface area contributed by atoms with E-state index in [4.69, 9.17) is 9.47 Å². The van der Waals surface area contributed by atoms with Crippen molar-refractivity contribution in [2.24, 2.45) is 5.92 Å². The molecule has 0 spiro atoms. The first-order chi connectivity index (χ1) is 13.8. The van der Waals surface area contributed by atoms with E-state index in [9.17, 15) is 17.6 Å². The number of hydrogen-bond acceptors (Lipinski definition) is 5. The summed E-state index contributed by atoms with van der Waals surface area (Å²) in [4.78, 5) is 12.5. The third-order valence-corrected chi connectivity index (χ3v) is 6.84. The molecular weight excluding hydrogens is 399 g/mol. The average Bonchev–Trinajstić information content (AvgIpc) is 2.74. The highest BCUT2D eigenvalue weighted by Crippen LogP contribution is 2.32. The molecule has 1 fully saturated rings. The summed E-state index contributed by atoms with van der Waals surface area (Å²) < 4.78 is 50.9. The van der Waals surface area contributed by atoms with Gasteiger partial charge in [-0.15, -0.1) is 0 Å². The second-order valence-electron chi connectivity index (χ2n) is 6.69. The van der Waals surface area contributed by atoms with Gasteiger partial charge in [-0.05, 0) is 49.2 Å². The van der Waals surface area contributed by atoms with Crippen LogP contribution in [-0.4, -0.2) is 45.9 Å². The number of nitrogens with zero attached hydrogens (tertiary/aromatic N) is 1. The van der Waals surface area contributed by atoms with Crippen molar-refractivity contribution in [1.29, 1.82) is 0 Å². The molecule has 156 valence electrons. The molecule has 29 heavy (non-hydrogen) atoms. The van der Waals surface area contributed by atoms with E-state index >= 15 is 0 Å². The van der Waals surface area contributed by atoms with Gasteiger partial charge in [-0.1, -0.05) is 0 Å². The van der Waals surface area contributed by atoms with Crippen molar-refractivity contribution in [3.63, 3.8) is 0 Å². The van der Waals surface area contributed by atoms with Crippen LogP contribution in [-0.2, 0) is 14.8 Å². The van der Waals surface area contributed by atoms with E-state index in [1.807, 2.05) is 0 Å². The zero-order valence-corrected chi connectivity index (χ0v) is 17.0. The van der Waals surface area contributed by atoms with E-state index in [1.165, 1.54) is 48.9 Å². The molecule has 0 bridgehead atoms. The minimum Gasteiger partial charge on any atom is -0.497 e. The number of benzene rings is 2. The van der Waals surface area contributed by atoms with Crippen LogP contribution >= 0.6 is 0 Å². The Morgan fingerprint density at radius 2 is 1.72 bits per heavy atom. The second kappa shape index (κ2) is 8.79. The van der Waals surface area contributed by atoms with E-state index in [2.05, 4.69) is 5.32 Å². The molecule has 1 amide bonds. The second-order valence-corrected chi connectivity index (χ2v) is 8.60. The highest BCUT2D eigenvalue weighted by molar-refractivity contribution is 7.89. The summed E-state index contributed by atoms with van der Waals surface area (Å²) in [5.74, 6) is -0.249. The number of methoxy groups -OCH3 is 2. The Kier molecular flexibility index (Phi) is 6.39. The van der Waals surface area contributed by atoms with Crippen molar-refractivity contribution in [2.75, 3.05) is 32.6 Å². The summed E-state index contributed by atoms with van der Waals surface area (Å²) in [6.45, 7) is 0.425. The lowest BCUT2D eigenvalue weighted by atomic mass is 9.97. The van der Waals surface area contributed by atoms with Crippen molar-refractivity contribution >= 4 is 21.6 Å². The predicted octanol–water partition coefficient (Wildman–Crippen LogP) is 2.88. The van der Waals surface area contributed by atoms with Crippen LogP contribution in [0.1, 0.15) is 12.8 Å². The van der Waals surface area contributed by atoms with Gasteiger partial charge in [0.1, 0.15) is 22.2 Å². The molecule has 1 N–H and O–H groups in total. The fraction of sp³-hybridized carbons (Fsp3) is 0.350. The lowest BCUT2D eigenvalue weighted by Gasteiger charge is -2.31. The summed E-state index contributed by atoms with van der Waals surface area (Å²) in [6, 6.07) is 10.1. The largest absolute Gasteiger partial charge is 0.497 e. The maximum absolute atomic E-state index is 13.1. The summed E-state index contributed by atoms with van der Waals surface area (Å²) in [7, 11) is -0.924. The zero-order chi connectivity index (χ0) is 21.0. The quantitative estimate of drug-likeness (QED) is 0.774. The van der Waals surface area contributed by atoms with Crippen LogP contribution in [0.3, 0.4) is 0 Å². The summed E-state index contributed by atoms with van der Waals surface area (Å²) in [6.07, 6.45) is 0.775. The minimum absolute atomic E-state index is 0.0357. The average molecular weight is 422 g/mol. The Bertz CT molecular complexity index is 971. The molecule has 0 saturated carbocycles. The van der Waals surface area contributed by atoms with Gasteiger partial charge in [-0.3, -0.25) is 4.79 Å². The van der Waals surface area contributed by atoms with Crippen LogP contribution in [0, 0.1) is 11.7 Å². The first-order valence-electron chi connectivity index (χ1n) is 9.13. The van der Waals surface area contributed by atoms with Gasteiger partial charge >= 0.3 is 0 Å². The minimum atomic E-state index is -3.80. The molecule has 0 aromatic heterocycles. The first-order valence-corrected chi connectivity index (χ1v) is 10.6. The van der Waals surface area contributed by atoms with E-state index < -0.39 is 10.0 Å². The number of carbonyl (C=O) groups excluding carboxylic acids is 1. The standard InChI is InChI=1S/C20H23FN2O5S/c1-27-17-7-8-18(28-2)19(13-17)29(25,26)23-11-9-14(10-12-23)20(24)22-16-5-3-15(21)4-6-16/h3-8,13-14H,9-12H2,1-2H3,(H,22,24). The molecule has 1 aliphatic rings. The van der Waals surface area contributed by atoms with Gasteiger partial charge in [-0.2, -0.15) is 4.31 Å². The van der Waals surface area contributed by atoms with Crippen LogP contribution in [0.4, 0.5) is 10.1 Å². The molecule has 9 heteroatoms. The van der Waals surface area contributed by atoms with Crippen LogP contribution in [0.5, 0.6) is 11.5 Å². The van der Waals surface area contributed by atoms with E-state index in [-0.39, 0.29) is 41.4 Å². The lowest BCUT2D eigenvalue weighted by molar-refractivity contribution is -0.120. The highest BCUT2D eigenvalue weighted by Gasteiger charge is 2.34. The van der Waals surface area contributed by atoms with E-state index in [0.29, 0.717) is 24.3 Å². The van der Waals surface area contributed by atoms with Crippen molar-refractivity contribution in [3.8, 4) is 11.5 Å². The normalized spacial score (nSPS) is 15.7. The fourth-order valence-corrected chi connectivity index (χ4v) is 4.90. The molecule has 2 aromatic rings. The lowest BCUT2D eigenvalue weighted by Crippen LogP contribution is -2.41. The number of halogens is 1. The molecule has 2 aromatic carbocycles. The zero-order valence-electron chi connectivity index (χ0n) is 16.2. The molecule has 1 heterocycles. The Balaban J connectivity index is 1.68. The first kappa shape index (κ1) is 21.1. The van der Waals surface area contributed by atoms with Gasteiger partial charge in [0.15, 0.2) is 0 Å². The predicted molar refractivity (Wildman–Crippen MR) is 106 cm³/mol. The summed E-state index contributed by atoms with van der Waals surface area (Å²) in [5.41, 5.74) is 0.507. The Hall–Kier alpha value is -2.65. The Morgan fingerprint density at radius 3 is 2.31 bits per heavy atom. The molecule has 7 nitrogen and oxygen atoms in total. The maximum atomic E-state index is 13.1. The van der Waals surface area contributed by atoms with Crippen LogP contribution < -0.4 is 14.8 Å². The number of anilines is 1. The summed E-state index contributed by atoms with van der Waals surface area (Å²) in [5, 5.41) is 2.75. The van der Waals surface area contributed by atoms with Crippen LogP contribution in [0.15, 0.2) is 47.4 Å². The number of rotatable bonds is 6. The smallest absolute Gasteiger partial charge is 0.246 e. The van der Waals surface area contributed by atoms with Crippen molar-refractivity contribution < 1.29 is 27.1 Å². The highest BCUT2D eigenvalue weighted by atomic mass is 32.2. The Morgan fingerprint density at radius 1 is 1.07 bits per heavy atom. The number of piperidine rings is 1. The molecule has 0 radical (unpaired) electrons. The number of sulfonamides is 1. The molecule has 1 aliphatic heterocycles. The Labute approximate surface area is 169 Å². The molecule has 0 aliphatic carbocycles. The van der Waals surface area contributed by atoms with E-state index in [0.717, 1.165) is 0 Å². The van der Waals surface area contributed by atoms with Gasteiger partial charge in [0, 0.05) is 30.8 Å². The number of ether oxygens (including phenoxy) is 2. The molecule has 1 saturated heterocycles. The third-order valence-electron chi connectivity index (χ3n) is 4.93. The maximum Gasteiger partial charge on any atom is 0.246 e. The fourth-order valence-electron chi connectivity index (χ4n) is 3.26. The van der Waals surface area contributed by atoms with Gasteiger partial charge in [0.25, 0.3) is 0 Å². The molecule has 3 rings (SSSR count). The van der Waals surface area contributed by atoms with Crippen molar-refractivity contribution in [1.82, 2.24) is 4.31 Å². The van der Waals surface area contributed by atoms with Crippen molar-refractivity contribution in [3.05, 3.63) is 48.3 Å². The van der Waals surface area contributed by atoms with Crippen LogP contribution in [0.25, 0.3) is 0 Å². The van der Waals surface area contributed by atoms with Crippen LogP contribution in [0.2, 0.25) is 0 Å². The molecule has 0 atom stereocenters. The van der Waals surface area contributed by atoms with Gasteiger partial charge < -0.3 is 14.8 Å².